The SMILES string of the molecule is Cc1noc(CC2(O)C(=O)Nc3ccc(Br)cc32)c1[N+](=O)[O-]. The monoisotopic (exact) mass is 367 g/mol. The first-order valence-corrected chi connectivity index (χ1v) is 7.05. The first-order valence-electron chi connectivity index (χ1n) is 6.26. The molecule has 0 bridgehead atoms. The lowest BCUT2D eigenvalue weighted by molar-refractivity contribution is -0.386. The number of aliphatic hydroxyl groups is 1. The van der Waals surface area contributed by atoms with E-state index in [1.54, 1.807) is 18.2 Å². The summed E-state index contributed by atoms with van der Waals surface area (Å²) in [6, 6.07) is 4.93. The maximum atomic E-state index is 12.1. The smallest absolute Gasteiger partial charge is 0.334 e. The van der Waals surface area contributed by atoms with E-state index in [1.165, 1.54) is 6.92 Å². The highest BCUT2D eigenvalue weighted by Gasteiger charge is 2.48. The van der Waals surface area contributed by atoms with Crippen molar-refractivity contribution in [2.45, 2.75) is 18.9 Å². The number of hydrogen-bond donors (Lipinski definition) is 2. The molecule has 0 saturated carbocycles. The van der Waals surface area contributed by atoms with Gasteiger partial charge in [0.2, 0.25) is 5.76 Å². The molecule has 0 radical (unpaired) electrons. The summed E-state index contributed by atoms with van der Waals surface area (Å²) in [5.41, 5.74) is -1.40. The molecule has 1 amide bonds. The number of hydrogen-bond acceptors (Lipinski definition) is 6. The van der Waals surface area contributed by atoms with Crippen LogP contribution in [0.2, 0.25) is 0 Å². The molecule has 22 heavy (non-hydrogen) atoms. The van der Waals surface area contributed by atoms with Crippen LogP contribution < -0.4 is 5.32 Å². The van der Waals surface area contributed by atoms with Crippen molar-refractivity contribution in [1.82, 2.24) is 5.16 Å². The normalized spacial score (nSPS) is 19.9. The molecule has 114 valence electrons. The van der Waals surface area contributed by atoms with Crippen molar-refractivity contribution >= 4 is 33.2 Å². The summed E-state index contributed by atoms with van der Waals surface area (Å²) >= 11 is 3.27. The summed E-state index contributed by atoms with van der Waals surface area (Å²) in [4.78, 5) is 22.6. The number of aryl methyl sites for hydroxylation is 1. The number of rotatable bonds is 3. The molecule has 1 unspecified atom stereocenters. The topological polar surface area (TPSA) is 118 Å². The van der Waals surface area contributed by atoms with E-state index in [0.29, 0.717) is 15.7 Å². The number of aromatic nitrogens is 1. The maximum Gasteiger partial charge on any atom is 0.334 e. The number of nitro groups is 1. The third kappa shape index (κ3) is 2.09. The Hall–Kier alpha value is -2.26. The van der Waals surface area contributed by atoms with Crippen LogP contribution in [0.5, 0.6) is 0 Å². The van der Waals surface area contributed by atoms with Crippen LogP contribution in [-0.4, -0.2) is 21.1 Å². The molecular weight excluding hydrogens is 358 g/mol. The molecule has 1 aliphatic heterocycles. The molecule has 2 aromatic rings. The molecule has 9 heteroatoms. The molecule has 0 aliphatic carbocycles. The van der Waals surface area contributed by atoms with E-state index in [-0.39, 0.29) is 23.6 Å². The molecule has 2 heterocycles. The van der Waals surface area contributed by atoms with Gasteiger partial charge in [0.15, 0.2) is 11.3 Å². The lowest BCUT2D eigenvalue weighted by Gasteiger charge is -2.19. The Bertz CT molecular complexity index is 803. The third-order valence-electron chi connectivity index (χ3n) is 3.55. The van der Waals surface area contributed by atoms with E-state index in [9.17, 15) is 20.0 Å². The Morgan fingerprint density at radius 1 is 1.55 bits per heavy atom. The van der Waals surface area contributed by atoms with Gasteiger partial charge < -0.3 is 14.9 Å². The summed E-state index contributed by atoms with van der Waals surface area (Å²) in [5.74, 6) is -0.808. The molecule has 3 rings (SSSR count). The van der Waals surface area contributed by atoms with Crippen molar-refractivity contribution in [3.05, 3.63) is 49.8 Å². The van der Waals surface area contributed by atoms with Gasteiger partial charge >= 0.3 is 5.69 Å². The van der Waals surface area contributed by atoms with Gasteiger partial charge in [-0.2, -0.15) is 0 Å². The second-order valence-electron chi connectivity index (χ2n) is 4.98. The first kappa shape index (κ1) is 14.7. The van der Waals surface area contributed by atoms with Gasteiger partial charge in [-0.15, -0.1) is 0 Å². The summed E-state index contributed by atoms with van der Waals surface area (Å²) in [5, 5.41) is 27.9. The van der Waals surface area contributed by atoms with E-state index in [4.69, 9.17) is 4.52 Å². The molecule has 0 fully saturated rings. The first-order chi connectivity index (χ1) is 10.3. The largest absolute Gasteiger partial charge is 0.375 e. The summed E-state index contributed by atoms with van der Waals surface area (Å²) < 4.78 is 5.60. The Morgan fingerprint density at radius 3 is 2.95 bits per heavy atom. The second-order valence-corrected chi connectivity index (χ2v) is 5.89. The molecule has 1 aromatic heterocycles. The number of nitrogens with one attached hydrogen (secondary N) is 1. The minimum absolute atomic E-state index is 0.0940. The Kier molecular flexibility index (Phi) is 3.26. The average molecular weight is 368 g/mol. The van der Waals surface area contributed by atoms with Gasteiger partial charge in [0.05, 0.1) is 11.3 Å². The van der Waals surface area contributed by atoms with Gasteiger partial charge in [-0.25, -0.2) is 0 Å². The number of fused-ring (bicyclic) bond motifs is 1. The lowest BCUT2D eigenvalue weighted by Crippen LogP contribution is -2.36. The molecule has 8 nitrogen and oxygen atoms in total. The predicted octanol–water partition coefficient (Wildman–Crippen LogP) is 2.04. The van der Waals surface area contributed by atoms with Crippen molar-refractivity contribution in [1.29, 1.82) is 0 Å². The second kappa shape index (κ2) is 4.89. The minimum atomic E-state index is -1.95. The van der Waals surface area contributed by atoms with Crippen LogP contribution in [0.4, 0.5) is 11.4 Å². The quantitative estimate of drug-likeness (QED) is 0.632. The number of carbonyl (C=O) groups is 1. The van der Waals surface area contributed by atoms with Gasteiger partial charge in [-0.3, -0.25) is 14.9 Å². The van der Waals surface area contributed by atoms with E-state index >= 15 is 0 Å². The number of anilines is 1. The Balaban J connectivity index is 2.08. The minimum Gasteiger partial charge on any atom is -0.375 e. The van der Waals surface area contributed by atoms with Crippen molar-refractivity contribution in [3.8, 4) is 0 Å². The standard InChI is InChI=1S/C13H10BrN3O5/c1-6-11(17(20)21)10(22-16-6)5-13(19)8-4-7(14)2-3-9(8)15-12(13)18/h2-4,19H,5H2,1H3,(H,15,18). The fraction of sp³-hybridized carbons (Fsp3) is 0.231. The maximum absolute atomic E-state index is 12.1. The van der Waals surface area contributed by atoms with Crippen LogP contribution in [0.15, 0.2) is 27.2 Å². The zero-order valence-electron chi connectivity index (χ0n) is 11.3. The van der Waals surface area contributed by atoms with Gasteiger partial charge in [0.1, 0.15) is 0 Å². The van der Waals surface area contributed by atoms with Crippen LogP contribution in [0.1, 0.15) is 17.0 Å². The van der Waals surface area contributed by atoms with Crippen LogP contribution >= 0.6 is 15.9 Å². The fourth-order valence-corrected chi connectivity index (χ4v) is 2.85. The van der Waals surface area contributed by atoms with Gasteiger partial charge in [0.25, 0.3) is 5.91 Å². The van der Waals surface area contributed by atoms with E-state index in [2.05, 4.69) is 26.4 Å². The van der Waals surface area contributed by atoms with Crippen molar-refractivity contribution < 1.29 is 19.3 Å². The Morgan fingerprint density at radius 2 is 2.27 bits per heavy atom. The van der Waals surface area contributed by atoms with Crippen LogP contribution in [0.25, 0.3) is 0 Å². The fourth-order valence-electron chi connectivity index (χ4n) is 2.49. The number of carbonyl (C=O) groups excluding carboxylic acids is 1. The summed E-state index contributed by atoms with van der Waals surface area (Å²) in [6.45, 7) is 1.43. The summed E-state index contributed by atoms with van der Waals surface area (Å²) in [6.07, 6.45) is -0.376. The Labute approximate surface area is 132 Å². The molecule has 1 aliphatic rings. The summed E-state index contributed by atoms with van der Waals surface area (Å²) in [7, 11) is 0. The van der Waals surface area contributed by atoms with E-state index < -0.39 is 16.4 Å². The average Bonchev–Trinajstić information content (AvgIpc) is 2.91. The highest BCUT2D eigenvalue weighted by molar-refractivity contribution is 9.10. The number of amides is 1. The molecule has 0 spiro atoms. The number of nitrogens with zero attached hydrogens (tertiary/aromatic N) is 2. The lowest BCUT2D eigenvalue weighted by atomic mass is 9.90. The highest BCUT2D eigenvalue weighted by Crippen LogP contribution is 2.41. The van der Waals surface area contributed by atoms with Crippen LogP contribution in [0, 0.1) is 17.0 Å². The van der Waals surface area contributed by atoms with Crippen molar-refractivity contribution in [2.75, 3.05) is 5.32 Å². The van der Waals surface area contributed by atoms with Crippen molar-refractivity contribution in [2.24, 2.45) is 0 Å². The van der Waals surface area contributed by atoms with Gasteiger partial charge in [-0.1, -0.05) is 21.1 Å². The molecular formula is C13H10BrN3O5. The van der Waals surface area contributed by atoms with Crippen LogP contribution in [0.3, 0.4) is 0 Å². The van der Waals surface area contributed by atoms with Crippen molar-refractivity contribution in [3.63, 3.8) is 0 Å². The zero-order valence-corrected chi connectivity index (χ0v) is 12.9. The third-order valence-corrected chi connectivity index (χ3v) is 4.04. The molecule has 0 saturated heterocycles. The van der Waals surface area contributed by atoms with Gasteiger partial charge in [0, 0.05) is 15.7 Å². The molecule has 1 aromatic carbocycles. The predicted molar refractivity (Wildman–Crippen MR) is 78.3 cm³/mol. The zero-order chi connectivity index (χ0) is 16.1. The van der Waals surface area contributed by atoms with Gasteiger partial charge in [-0.05, 0) is 25.1 Å². The van der Waals surface area contributed by atoms with E-state index in [0.717, 1.165) is 0 Å². The molecule has 2 N–H and O–H groups in total. The van der Waals surface area contributed by atoms with Crippen LogP contribution in [-0.2, 0) is 16.8 Å². The highest BCUT2D eigenvalue weighted by atomic mass is 79.9. The molecule has 1 atom stereocenters. The number of benzene rings is 1. The number of halogens is 1. The van der Waals surface area contributed by atoms with E-state index in [1.807, 2.05) is 0 Å².